The van der Waals surface area contributed by atoms with Crippen molar-refractivity contribution in [2.24, 2.45) is 0 Å². The molecule has 1 fully saturated rings. The van der Waals surface area contributed by atoms with Crippen LogP contribution < -0.4 is 5.43 Å². The van der Waals surface area contributed by atoms with E-state index in [1.165, 1.54) is 12.1 Å². The van der Waals surface area contributed by atoms with Crippen LogP contribution in [0.3, 0.4) is 0 Å². The molecule has 3 aromatic rings. The third kappa shape index (κ3) is 3.87. The lowest BCUT2D eigenvalue weighted by Gasteiger charge is -2.29. The lowest BCUT2D eigenvalue weighted by atomic mass is 9.98. The molecule has 0 radical (unpaired) electrons. The standard InChI is InChI=1S/C24H22BrFN2O4/c25-16-4-7-19-18(14-16)22(29)20-21(15-2-5-17(26)6-3-15)28(24(30)23(20)32-19)9-1-8-27-10-12-31-13-11-27/h2-7,14,21H,1,8-13H2/t21-/m1/s1. The monoisotopic (exact) mass is 500 g/mol. The third-order valence-electron chi connectivity index (χ3n) is 6.09. The number of ether oxygens (including phenoxy) is 1. The number of nitrogens with zero attached hydrogens (tertiary/aromatic N) is 2. The molecule has 2 aliphatic rings. The van der Waals surface area contributed by atoms with Crippen LogP contribution in [0.15, 0.2) is 56.1 Å². The molecular weight excluding hydrogens is 479 g/mol. The first-order valence-electron chi connectivity index (χ1n) is 10.7. The molecule has 1 atom stereocenters. The number of carbonyl (C=O) groups is 1. The largest absolute Gasteiger partial charge is 0.450 e. The predicted octanol–water partition coefficient (Wildman–Crippen LogP) is 3.96. The minimum Gasteiger partial charge on any atom is -0.450 e. The second-order valence-corrected chi connectivity index (χ2v) is 8.99. The molecule has 166 valence electrons. The van der Waals surface area contributed by atoms with Crippen LogP contribution in [0, 0.1) is 5.82 Å². The molecule has 1 saturated heterocycles. The molecule has 0 unspecified atom stereocenters. The number of rotatable bonds is 5. The van der Waals surface area contributed by atoms with E-state index in [2.05, 4.69) is 20.8 Å². The van der Waals surface area contributed by atoms with Crippen molar-refractivity contribution in [3.05, 3.63) is 79.9 Å². The Balaban J connectivity index is 1.53. The van der Waals surface area contributed by atoms with Gasteiger partial charge in [0.1, 0.15) is 11.4 Å². The summed E-state index contributed by atoms with van der Waals surface area (Å²) in [5.41, 5.74) is 1.14. The predicted molar refractivity (Wildman–Crippen MR) is 121 cm³/mol. The van der Waals surface area contributed by atoms with Crippen molar-refractivity contribution < 1.29 is 18.3 Å². The highest BCUT2D eigenvalue weighted by molar-refractivity contribution is 9.10. The van der Waals surface area contributed by atoms with E-state index >= 15 is 0 Å². The number of hydrogen-bond acceptors (Lipinski definition) is 5. The van der Waals surface area contributed by atoms with Crippen molar-refractivity contribution in [3.8, 4) is 0 Å². The molecule has 0 aliphatic carbocycles. The zero-order valence-electron chi connectivity index (χ0n) is 17.4. The van der Waals surface area contributed by atoms with Crippen LogP contribution in [0.5, 0.6) is 0 Å². The summed E-state index contributed by atoms with van der Waals surface area (Å²) in [7, 11) is 0. The van der Waals surface area contributed by atoms with Crippen molar-refractivity contribution in [2.75, 3.05) is 39.4 Å². The van der Waals surface area contributed by atoms with Crippen molar-refractivity contribution >= 4 is 32.8 Å². The fraction of sp³-hybridized carbons (Fsp3) is 0.333. The first-order chi connectivity index (χ1) is 15.5. The minimum absolute atomic E-state index is 0.0746. The highest BCUT2D eigenvalue weighted by Gasteiger charge is 2.42. The van der Waals surface area contributed by atoms with Gasteiger partial charge in [-0.2, -0.15) is 0 Å². The molecule has 2 aromatic carbocycles. The number of carbonyl (C=O) groups excluding carboxylic acids is 1. The molecular formula is C24H22BrFN2O4. The molecule has 1 aromatic heterocycles. The Morgan fingerprint density at radius 1 is 1.03 bits per heavy atom. The maximum atomic E-state index is 13.6. The van der Waals surface area contributed by atoms with E-state index in [9.17, 15) is 14.0 Å². The van der Waals surface area contributed by atoms with Crippen LogP contribution in [-0.2, 0) is 4.74 Å². The van der Waals surface area contributed by atoms with E-state index in [1.54, 1.807) is 35.2 Å². The first-order valence-corrected chi connectivity index (χ1v) is 11.4. The van der Waals surface area contributed by atoms with Gasteiger partial charge in [0, 0.05) is 30.7 Å². The SMILES string of the molecule is O=C1c2oc3ccc(Br)cc3c(=O)c2[C@@H](c2ccc(F)cc2)N1CCCN1CCOCC1. The molecule has 0 saturated carbocycles. The van der Waals surface area contributed by atoms with E-state index in [0.29, 0.717) is 41.9 Å². The Morgan fingerprint density at radius 2 is 1.78 bits per heavy atom. The summed E-state index contributed by atoms with van der Waals surface area (Å²) in [5, 5.41) is 0.410. The maximum Gasteiger partial charge on any atom is 0.290 e. The van der Waals surface area contributed by atoms with Crippen LogP contribution in [0.25, 0.3) is 11.0 Å². The molecule has 8 heteroatoms. The number of hydrogen-bond donors (Lipinski definition) is 0. The van der Waals surface area contributed by atoms with Crippen LogP contribution in [-0.4, -0.2) is 55.1 Å². The molecule has 2 aliphatic heterocycles. The molecule has 3 heterocycles. The van der Waals surface area contributed by atoms with E-state index in [4.69, 9.17) is 9.15 Å². The Labute approximate surface area is 192 Å². The van der Waals surface area contributed by atoms with E-state index < -0.39 is 6.04 Å². The summed E-state index contributed by atoms with van der Waals surface area (Å²) in [6, 6.07) is 10.5. The highest BCUT2D eigenvalue weighted by atomic mass is 79.9. The maximum absolute atomic E-state index is 13.6. The number of morpholine rings is 1. The van der Waals surface area contributed by atoms with Gasteiger partial charge in [0.05, 0.1) is 30.2 Å². The highest BCUT2D eigenvalue weighted by Crippen LogP contribution is 2.38. The van der Waals surface area contributed by atoms with Gasteiger partial charge in [-0.15, -0.1) is 0 Å². The topological polar surface area (TPSA) is 63.0 Å². The van der Waals surface area contributed by atoms with E-state index in [-0.39, 0.29) is 22.9 Å². The average molecular weight is 501 g/mol. The van der Waals surface area contributed by atoms with Gasteiger partial charge < -0.3 is 14.1 Å². The lowest BCUT2D eigenvalue weighted by molar-refractivity contribution is 0.0353. The molecule has 0 spiro atoms. The summed E-state index contributed by atoms with van der Waals surface area (Å²) >= 11 is 3.40. The van der Waals surface area contributed by atoms with Crippen molar-refractivity contribution in [2.45, 2.75) is 12.5 Å². The van der Waals surface area contributed by atoms with Crippen molar-refractivity contribution in [3.63, 3.8) is 0 Å². The van der Waals surface area contributed by atoms with E-state index in [1.807, 2.05) is 0 Å². The van der Waals surface area contributed by atoms with Gasteiger partial charge in [-0.25, -0.2) is 4.39 Å². The van der Waals surface area contributed by atoms with Gasteiger partial charge in [0.25, 0.3) is 5.91 Å². The van der Waals surface area contributed by atoms with Gasteiger partial charge >= 0.3 is 0 Å². The number of fused-ring (bicyclic) bond motifs is 2. The third-order valence-corrected chi connectivity index (χ3v) is 6.58. The summed E-state index contributed by atoms with van der Waals surface area (Å²) < 4.78 is 25.7. The number of benzene rings is 2. The Bertz CT molecular complexity index is 1220. The van der Waals surface area contributed by atoms with Crippen LogP contribution in [0.1, 0.15) is 34.1 Å². The summed E-state index contributed by atoms with van der Waals surface area (Å²) in [6.07, 6.45) is 0.747. The first kappa shape index (κ1) is 21.3. The molecule has 5 rings (SSSR count). The van der Waals surface area contributed by atoms with Crippen LogP contribution in [0.2, 0.25) is 0 Å². The second-order valence-electron chi connectivity index (χ2n) is 8.07. The van der Waals surface area contributed by atoms with Crippen LogP contribution in [0.4, 0.5) is 4.39 Å². The lowest BCUT2D eigenvalue weighted by Crippen LogP contribution is -2.38. The second kappa shape index (κ2) is 8.77. The fourth-order valence-corrected chi connectivity index (χ4v) is 4.87. The van der Waals surface area contributed by atoms with E-state index in [0.717, 1.165) is 30.5 Å². The normalized spacial score (nSPS) is 19.0. The fourth-order valence-electron chi connectivity index (χ4n) is 4.50. The number of amides is 1. The molecule has 0 N–H and O–H groups in total. The average Bonchev–Trinajstić information content (AvgIpc) is 3.08. The van der Waals surface area contributed by atoms with Gasteiger partial charge in [0.15, 0.2) is 5.43 Å². The Kier molecular flexibility index (Phi) is 5.84. The zero-order valence-corrected chi connectivity index (χ0v) is 18.9. The van der Waals surface area contributed by atoms with Crippen LogP contribution >= 0.6 is 15.9 Å². The van der Waals surface area contributed by atoms with Gasteiger partial charge in [0.2, 0.25) is 5.76 Å². The van der Waals surface area contributed by atoms with Crippen molar-refractivity contribution in [1.82, 2.24) is 9.80 Å². The Morgan fingerprint density at radius 3 is 2.53 bits per heavy atom. The summed E-state index contributed by atoms with van der Waals surface area (Å²) in [6.45, 7) is 4.46. The van der Waals surface area contributed by atoms with Crippen molar-refractivity contribution in [1.29, 1.82) is 0 Å². The molecule has 0 bridgehead atoms. The van der Waals surface area contributed by atoms with Gasteiger partial charge in [-0.05, 0) is 42.3 Å². The molecule has 1 amide bonds. The summed E-state index contributed by atoms with van der Waals surface area (Å²) in [5.74, 6) is -0.601. The molecule has 32 heavy (non-hydrogen) atoms. The summed E-state index contributed by atoms with van der Waals surface area (Å²) in [4.78, 5) is 30.8. The Hall–Kier alpha value is -2.55. The molecule has 6 nitrogen and oxygen atoms in total. The minimum atomic E-state index is -0.609. The quantitative estimate of drug-likeness (QED) is 0.530. The van der Waals surface area contributed by atoms with Gasteiger partial charge in [-0.1, -0.05) is 28.1 Å². The smallest absolute Gasteiger partial charge is 0.290 e. The van der Waals surface area contributed by atoms with Gasteiger partial charge in [-0.3, -0.25) is 14.5 Å². The zero-order chi connectivity index (χ0) is 22.2. The number of halogens is 2.